The van der Waals surface area contributed by atoms with Crippen LogP contribution in [0.1, 0.15) is 45.6 Å². The average Bonchev–Trinajstić information content (AvgIpc) is 3.34. The summed E-state index contributed by atoms with van der Waals surface area (Å²) in [6, 6.07) is 12.1. The molecule has 0 spiro atoms. The van der Waals surface area contributed by atoms with Gasteiger partial charge in [0, 0.05) is 52.0 Å². The molecular formula is C21H23N3NaO3S2. The molecule has 0 saturated carbocycles. The predicted octanol–water partition coefficient (Wildman–Crippen LogP) is 4.66. The Morgan fingerprint density at radius 3 is 2.73 bits per heavy atom. The van der Waals surface area contributed by atoms with Crippen LogP contribution in [-0.4, -0.2) is 51.5 Å². The van der Waals surface area contributed by atoms with Crippen molar-refractivity contribution >= 4 is 74.9 Å². The molecule has 6 nitrogen and oxygen atoms in total. The van der Waals surface area contributed by atoms with Gasteiger partial charge in [-0.15, -0.1) is 22.7 Å². The van der Waals surface area contributed by atoms with Gasteiger partial charge in [0.15, 0.2) is 5.13 Å². The van der Waals surface area contributed by atoms with E-state index in [0.29, 0.717) is 22.2 Å². The Hall–Kier alpha value is -1.71. The number of hydrogen-bond acceptors (Lipinski definition) is 6. The van der Waals surface area contributed by atoms with Crippen LogP contribution < -0.4 is 10.6 Å². The standard InChI is InChI=1S/C21H23N3O3S2.Na/c1-2-3-6-14-7-4-5-8-17(14)22-12-16-9-10-18(29-16)20(27)24-21-23-15(13-28-21)11-19(25)26;/h4-5,7-10,13,22H,2-3,6,11-12H2,1H3,(H,25,26)(H,23,24,27);. The molecule has 0 aliphatic rings. The van der Waals surface area contributed by atoms with Gasteiger partial charge < -0.3 is 10.4 Å². The van der Waals surface area contributed by atoms with Crippen molar-refractivity contribution in [2.24, 2.45) is 0 Å². The summed E-state index contributed by atoms with van der Waals surface area (Å²) in [5.41, 5.74) is 2.88. The van der Waals surface area contributed by atoms with E-state index in [1.54, 1.807) is 11.4 Å². The largest absolute Gasteiger partial charge is 0.481 e. The molecule has 0 atom stereocenters. The SMILES string of the molecule is CCCCc1ccccc1NCc1ccc(C(=O)Nc2nc(CC(=O)O)cs2)s1.[Na]. The first-order valence-electron chi connectivity index (χ1n) is 9.43. The Morgan fingerprint density at radius 2 is 1.97 bits per heavy atom. The van der Waals surface area contributed by atoms with Crippen LogP contribution in [0.4, 0.5) is 10.8 Å². The molecule has 0 unspecified atom stereocenters. The quantitative estimate of drug-likeness (QED) is 0.389. The summed E-state index contributed by atoms with van der Waals surface area (Å²) in [6.45, 7) is 2.84. The normalized spacial score (nSPS) is 10.3. The number of nitrogens with one attached hydrogen (secondary N) is 2. The molecule has 0 aliphatic carbocycles. The third-order valence-electron chi connectivity index (χ3n) is 4.26. The van der Waals surface area contributed by atoms with Crippen molar-refractivity contribution in [1.82, 2.24) is 4.98 Å². The number of carboxylic acid groups (broad SMARTS) is 1. The number of aliphatic carboxylic acids is 1. The first kappa shape index (κ1) is 24.6. The Bertz CT molecular complexity index is 987. The van der Waals surface area contributed by atoms with Crippen LogP contribution in [0.15, 0.2) is 41.8 Å². The van der Waals surface area contributed by atoms with E-state index in [0.717, 1.165) is 29.8 Å². The second kappa shape index (κ2) is 12.2. The summed E-state index contributed by atoms with van der Waals surface area (Å²) >= 11 is 2.65. The van der Waals surface area contributed by atoms with Crippen molar-refractivity contribution < 1.29 is 14.7 Å². The maximum absolute atomic E-state index is 12.4. The van der Waals surface area contributed by atoms with E-state index in [1.807, 2.05) is 12.1 Å². The number of aromatic nitrogens is 1. The van der Waals surface area contributed by atoms with E-state index in [4.69, 9.17) is 5.11 Å². The number of carbonyl (C=O) groups is 2. The topological polar surface area (TPSA) is 91.3 Å². The number of hydrogen-bond donors (Lipinski definition) is 3. The van der Waals surface area contributed by atoms with Gasteiger partial charge in [0.1, 0.15) is 0 Å². The average molecular weight is 453 g/mol. The summed E-state index contributed by atoms with van der Waals surface area (Å²) in [6.07, 6.45) is 3.22. The molecule has 30 heavy (non-hydrogen) atoms. The van der Waals surface area contributed by atoms with E-state index in [9.17, 15) is 9.59 Å². The van der Waals surface area contributed by atoms with Crippen molar-refractivity contribution in [3.05, 3.63) is 62.8 Å². The number of thiophene rings is 1. The minimum Gasteiger partial charge on any atom is -0.481 e. The number of benzene rings is 1. The van der Waals surface area contributed by atoms with E-state index in [1.165, 1.54) is 28.2 Å². The summed E-state index contributed by atoms with van der Waals surface area (Å²) < 4.78 is 0. The molecule has 3 N–H and O–H groups in total. The minimum absolute atomic E-state index is 0. The Kier molecular flexibility index (Phi) is 10.0. The van der Waals surface area contributed by atoms with Crippen LogP contribution in [0.2, 0.25) is 0 Å². The Labute approximate surface area is 206 Å². The van der Waals surface area contributed by atoms with Crippen LogP contribution in [0.5, 0.6) is 0 Å². The van der Waals surface area contributed by atoms with Crippen molar-refractivity contribution in [2.75, 3.05) is 10.6 Å². The first-order chi connectivity index (χ1) is 14.0. The molecule has 3 rings (SSSR count). The number of anilines is 2. The zero-order valence-electron chi connectivity index (χ0n) is 17.1. The van der Waals surface area contributed by atoms with E-state index < -0.39 is 5.97 Å². The van der Waals surface area contributed by atoms with Gasteiger partial charge in [0.25, 0.3) is 5.91 Å². The zero-order valence-corrected chi connectivity index (χ0v) is 20.7. The monoisotopic (exact) mass is 452 g/mol. The Balaban J connectivity index is 0.00000320. The van der Waals surface area contributed by atoms with Gasteiger partial charge in [-0.1, -0.05) is 31.5 Å². The number of amides is 1. The van der Waals surface area contributed by atoms with Gasteiger partial charge in [0.2, 0.25) is 0 Å². The molecule has 2 aromatic heterocycles. The van der Waals surface area contributed by atoms with Crippen LogP contribution in [0.3, 0.4) is 0 Å². The van der Waals surface area contributed by atoms with Crippen molar-refractivity contribution in [3.8, 4) is 0 Å². The number of aryl methyl sites for hydroxylation is 1. The van der Waals surface area contributed by atoms with E-state index in [2.05, 4.69) is 40.7 Å². The molecule has 1 amide bonds. The van der Waals surface area contributed by atoms with E-state index in [-0.39, 0.29) is 41.9 Å². The number of thiazole rings is 1. The van der Waals surface area contributed by atoms with Crippen LogP contribution in [-0.2, 0) is 24.2 Å². The van der Waals surface area contributed by atoms with Gasteiger partial charge in [-0.05, 0) is 36.6 Å². The number of carbonyl (C=O) groups excluding carboxylic acids is 1. The summed E-state index contributed by atoms with van der Waals surface area (Å²) in [4.78, 5) is 29.0. The smallest absolute Gasteiger partial charge is 0.309 e. The molecule has 0 bridgehead atoms. The minimum atomic E-state index is -0.945. The molecule has 9 heteroatoms. The molecule has 2 heterocycles. The van der Waals surface area contributed by atoms with Gasteiger partial charge in [-0.25, -0.2) is 4.98 Å². The fraction of sp³-hybridized carbons (Fsp3) is 0.286. The number of rotatable bonds is 10. The third-order valence-corrected chi connectivity index (χ3v) is 6.15. The van der Waals surface area contributed by atoms with Gasteiger partial charge in [-0.3, -0.25) is 14.9 Å². The molecule has 0 saturated heterocycles. The molecule has 0 fully saturated rings. The van der Waals surface area contributed by atoms with E-state index >= 15 is 0 Å². The van der Waals surface area contributed by atoms with Crippen LogP contribution >= 0.6 is 22.7 Å². The second-order valence-electron chi connectivity index (χ2n) is 6.55. The Morgan fingerprint density at radius 1 is 1.17 bits per heavy atom. The number of carboxylic acids is 1. The van der Waals surface area contributed by atoms with Crippen LogP contribution in [0, 0.1) is 0 Å². The zero-order chi connectivity index (χ0) is 20.6. The summed E-state index contributed by atoms with van der Waals surface area (Å²) in [7, 11) is 0. The van der Waals surface area contributed by atoms with Gasteiger partial charge in [0.05, 0.1) is 17.0 Å². The van der Waals surface area contributed by atoms with Crippen molar-refractivity contribution in [2.45, 2.75) is 39.2 Å². The van der Waals surface area contributed by atoms with Crippen molar-refractivity contribution in [3.63, 3.8) is 0 Å². The fourth-order valence-corrected chi connectivity index (χ4v) is 4.36. The number of para-hydroxylation sites is 1. The third kappa shape index (κ3) is 7.21. The number of unbranched alkanes of at least 4 members (excludes halogenated alkanes) is 1. The maximum Gasteiger partial charge on any atom is 0.309 e. The molecule has 0 aliphatic heterocycles. The molecule has 1 radical (unpaired) electrons. The second-order valence-corrected chi connectivity index (χ2v) is 8.58. The maximum atomic E-state index is 12.4. The summed E-state index contributed by atoms with van der Waals surface area (Å²) in [5.74, 6) is -1.18. The molecule has 153 valence electrons. The van der Waals surface area contributed by atoms with Crippen molar-refractivity contribution in [1.29, 1.82) is 0 Å². The van der Waals surface area contributed by atoms with Crippen LogP contribution in [0.25, 0.3) is 0 Å². The molecule has 1 aromatic carbocycles. The first-order valence-corrected chi connectivity index (χ1v) is 11.1. The summed E-state index contributed by atoms with van der Waals surface area (Å²) in [5, 5.41) is 17.1. The van der Waals surface area contributed by atoms with Gasteiger partial charge >= 0.3 is 5.97 Å². The molecule has 3 aromatic rings. The predicted molar refractivity (Wildman–Crippen MR) is 124 cm³/mol. The molecular weight excluding hydrogens is 429 g/mol. The van der Waals surface area contributed by atoms with Gasteiger partial charge in [-0.2, -0.15) is 0 Å². The number of nitrogens with zero attached hydrogens (tertiary/aromatic N) is 1. The fourth-order valence-electron chi connectivity index (χ4n) is 2.81.